The molecule has 0 spiro atoms. The molecule has 0 bridgehead atoms. The van der Waals surface area contributed by atoms with Gasteiger partial charge in [0.2, 0.25) is 0 Å². The van der Waals surface area contributed by atoms with Gasteiger partial charge in [0.25, 0.3) is 5.91 Å². The molecule has 1 aliphatic heterocycles. The van der Waals surface area contributed by atoms with Crippen molar-refractivity contribution in [3.05, 3.63) is 74.9 Å². The van der Waals surface area contributed by atoms with Gasteiger partial charge in [-0.3, -0.25) is 4.79 Å². The average Bonchev–Trinajstić information content (AvgIpc) is 3.10. The van der Waals surface area contributed by atoms with E-state index in [2.05, 4.69) is 15.7 Å². The van der Waals surface area contributed by atoms with Gasteiger partial charge >= 0.3 is 12.4 Å². The molecule has 3 aromatic rings. The highest BCUT2D eigenvalue weighted by Crippen LogP contribution is 2.46. The summed E-state index contributed by atoms with van der Waals surface area (Å²) in [6.07, 6.45) is -9.84. The first kappa shape index (κ1) is 25.2. The van der Waals surface area contributed by atoms with Gasteiger partial charge in [-0.2, -0.15) is 31.4 Å². The maximum absolute atomic E-state index is 13.9. The second-order valence-corrected chi connectivity index (χ2v) is 8.79. The molecule has 1 aliphatic rings. The van der Waals surface area contributed by atoms with Crippen molar-refractivity contribution in [2.24, 2.45) is 0 Å². The van der Waals surface area contributed by atoms with E-state index in [4.69, 9.17) is 23.2 Å². The molecule has 2 heterocycles. The SMILES string of the molecule is Cc1ccc(C2CC(C(F)(F)F)n3nc(C(=O)Nc4cc(C(F)(F)F)ccc4Cl)c(Cl)c3N2)cc1. The number of aryl methyl sites for hydroxylation is 1. The van der Waals surface area contributed by atoms with Gasteiger partial charge in [0, 0.05) is 6.42 Å². The fraction of sp³-hybridized carbons (Fsp3) is 0.273. The number of benzene rings is 2. The predicted octanol–water partition coefficient (Wildman–Crippen LogP) is 7.43. The molecule has 2 unspecified atom stereocenters. The zero-order valence-corrected chi connectivity index (χ0v) is 19.2. The number of hydrogen-bond acceptors (Lipinski definition) is 3. The van der Waals surface area contributed by atoms with E-state index in [1.165, 1.54) is 0 Å². The van der Waals surface area contributed by atoms with Crippen molar-refractivity contribution in [1.29, 1.82) is 0 Å². The molecule has 1 amide bonds. The van der Waals surface area contributed by atoms with Crippen molar-refractivity contribution in [3.63, 3.8) is 0 Å². The van der Waals surface area contributed by atoms with E-state index in [1.54, 1.807) is 24.3 Å². The van der Waals surface area contributed by atoms with Gasteiger partial charge in [-0.15, -0.1) is 0 Å². The molecule has 0 fully saturated rings. The van der Waals surface area contributed by atoms with Crippen LogP contribution in [0, 0.1) is 6.92 Å². The summed E-state index contributed by atoms with van der Waals surface area (Å²) in [5.74, 6) is -1.35. The van der Waals surface area contributed by atoms with Crippen molar-refractivity contribution in [2.45, 2.75) is 37.8 Å². The summed E-state index contributed by atoms with van der Waals surface area (Å²) in [6, 6.07) is 6.27. The largest absolute Gasteiger partial charge is 0.416 e. The summed E-state index contributed by atoms with van der Waals surface area (Å²) in [7, 11) is 0. The van der Waals surface area contributed by atoms with Crippen molar-refractivity contribution in [2.75, 3.05) is 10.6 Å². The Morgan fingerprint density at radius 1 is 1.09 bits per heavy atom. The molecule has 0 saturated carbocycles. The number of aromatic nitrogens is 2. The Labute approximate surface area is 205 Å². The number of carbonyl (C=O) groups excluding carboxylic acids is 1. The van der Waals surface area contributed by atoms with Crippen LogP contribution in [0.4, 0.5) is 37.8 Å². The average molecular weight is 537 g/mol. The van der Waals surface area contributed by atoms with Crippen LogP contribution in [0.1, 0.15) is 45.7 Å². The van der Waals surface area contributed by atoms with E-state index in [9.17, 15) is 31.1 Å². The minimum atomic E-state index is -4.72. The fourth-order valence-electron chi connectivity index (χ4n) is 3.73. The lowest BCUT2D eigenvalue weighted by atomic mass is 9.96. The first-order chi connectivity index (χ1) is 16.3. The standard InChI is InChI=1S/C22H16Cl2F6N4O/c1-10-2-4-11(5-3-10)14-9-16(22(28,29)30)34-19(31-14)17(24)18(33-34)20(35)32-15-8-12(21(25,26)27)6-7-13(15)23/h2-8,14,16,31H,9H2,1H3,(H,32,35). The second kappa shape index (κ2) is 8.94. The Morgan fingerprint density at radius 3 is 2.34 bits per heavy atom. The van der Waals surface area contributed by atoms with Crippen molar-refractivity contribution in [1.82, 2.24) is 9.78 Å². The van der Waals surface area contributed by atoms with Gasteiger partial charge in [-0.05, 0) is 30.7 Å². The van der Waals surface area contributed by atoms with Crippen molar-refractivity contribution < 1.29 is 31.1 Å². The van der Waals surface area contributed by atoms with Crippen LogP contribution in [0.25, 0.3) is 0 Å². The van der Waals surface area contributed by atoms with Crippen LogP contribution in [0.5, 0.6) is 0 Å². The fourth-order valence-corrected chi connectivity index (χ4v) is 4.16. The van der Waals surface area contributed by atoms with E-state index in [1.807, 2.05) is 6.92 Å². The minimum Gasteiger partial charge on any atom is -0.362 e. The molecule has 4 rings (SSSR count). The molecule has 0 aliphatic carbocycles. The van der Waals surface area contributed by atoms with Gasteiger partial charge in [0.15, 0.2) is 11.7 Å². The van der Waals surface area contributed by atoms with Gasteiger partial charge < -0.3 is 10.6 Å². The highest BCUT2D eigenvalue weighted by atomic mass is 35.5. The molecule has 2 N–H and O–H groups in total. The normalized spacial score (nSPS) is 18.1. The number of nitrogens with zero attached hydrogens (tertiary/aromatic N) is 2. The van der Waals surface area contributed by atoms with E-state index < -0.39 is 58.7 Å². The van der Waals surface area contributed by atoms with E-state index >= 15 is 0 Å². The topological polar surface area (TPSA) is 59.0 Å². The van der Waals surface area contributed by atoms with Gasteiger partial charge in [-0.1, -0.05) is 53.0 Å². The number of rotatable bonds is 3. The van der Waals surface area contributed by atoms with Gasteiger partial charge in [0.05, 0.1) is 22.3 Å². The predicted molar refractivity (Wildman–Crippen MR) is 119 cm³/mol. The van der Waals surface area contributed by atoms with Crippen molar-refractivity contribution in [3.8, 4) is 0 Å². The first-order valence-corrected chi connectivity index (χ1v) is 10.9. The van der Waals surface area contributed by atoms with E-state index in [0.29, 0.717) is 16.3 Å². The summed E-state index contributed by atoms with van der Waals surface area (Å²) in [6.45, 7) is 1.84. The van der Waals surface area contributed by atoms with Crippen LogP contribution in [0.2, 0.25) is 10.0 Å². The van der Waals surface area contributed by atoms with E-state index in [0.717, 1.165) is 17.7 Å². The Kier molecular flexibility index (Phi) is 6.43. The lowest BCUT2D eigenvalue weighted by Gasteiger charge is -2.33. The highest BCUT2D eigenvalue weighted by molar-refractivity contribution is 6.37. The second-order valence-electron chi connectivity index (χ2n) is 8.00. The summed E-state index contributed by atoms with van der Waals surface area (Å²) in [5, 5.41) is 8.19. The van der Waals surface area contributed by atoms with Crippen LogP contribution in [-0.2, 0) is 6.18 Å². The van der Waals surface area contributed by atoms with Crippen LogP contribution >= 0.6 is 23.2 Å². The van der Waals surface area contributed by atoms with Crippen molar-refractivity contribution >= 4 is 40.6 Å². The number of fused-ring (bicyclic) bond motifs is 1. The highest BCUT2D eigenvalue weighted by Gasteiger charge is 2.48. The number of nitrogens with one attached hydrogen (secondary N) is 2. The zero-order valence-electron chi connectivity index (χ0n) is 17.7. The zero-order chi connectivity index (χ0) is 25.7. The Bertz CT molecular complexity index is 1270. The third-order valence-electron chi connectivity index (χ3n) is 5.53. The number of carbonyl (C=O) groups is 1. The molecule has 5 nitrogen and oxygen atoms in total. The number of amides is 1. The third kappa shape index (κ3) is 5.06. The summed E-state index contributed by atoms with van der Waals surface area (Å²) < 4.78 is 81.4. The summed E-state index contributed by atoms with van der Waals surface area (Å²) >= 11 is 12.2. The number of anilines is 2. The maximum Gasteiger partial charge on any atom is 0.416 e. The van der Waals surface area contributed by atoms with E-state index in [-0.39, 0.29) is 10.8 Å². The quantitative estimate of drug-likeness (QED) is 0.342. The number of alkyl halides is 6. The first-order valence-electron chi connectivity index (χ1n) is 10.1. The van der Waals surface area contributed by atoms with Crippen LogP contribution in [0.15, 0.2) is 42.5 Å². The molecule has 2 aromatic carbocycles. The van der Waals surface area contributed by atoms with Gasteiger partial charge in [-0.25, -0.2) is 4.68 Å². The molecular weight excluding hydrogens is 521 g/mol. The molecule has 35 heavy (non-hydrogen) atoms. The van der Waals surface area contributed by atoms with Crippen LogP contribution in [0.3, 0.4) is 0 Å². The molecule has 13 heteroatoms. The van der Waals surface area contributed by atoms with Crippen LogP contribution < -0.4 is 10.6 Å². The number of halogens is 8. The maximum atomic E-state index is 13.9. The molecule has 0 saturated heterocycles. The van der Waals surface area contributed by atoms with Gasteiger partial charge in [0.1, 0.15) is 10.8 Å². The Morgan fingerprint density at radius 2 is 1.74 bits per heavy atom. The van der Waals surface area contributed by atoms with Crippen LogP contribution in [-0.4, -0.2) is 21.9 Å². The smallest absolute Gasteiger partial charge is 0.362 e. The summed E-state index contributed by atoms with van der Waals surface area (Å²) in [5.41, 5.74) is -0.567. The molecule has 186 valence electrons. The molecule has 1 aromatic heterocycles. The molecular formula is C22H16Cl2F6N4O. The lowest BCUT2D eigenvalue weighted by Crippen LogP contribution is -2.35. The Hall–Kier alpha value is -2.92. The third-order valence-corrected chi connectivity index (χ3v) is 6.22. The minimum absolute atomic E-state index is 0.211. The Balaban J connectivity index is 1.70. The molecule has 2 atom stereocenters. The number of hydrogen-bond donors (Lipinski definition) is 2. The molecule has 0 radical (unpaired) electrons. The lowest BCUT2D eigenvalue weighted by molar-refractivity contribution is -0.173. The monoisotopic (exact) mass is 536 g/mol. The summed E-state index contributed by atoms with van der Waals surface area (Å²) in [4.78, 5) is 12.8.